The lowest BCUT2D eigenvalue weighted by molar-refractivity contribution is 0.669. The Kier molecular flexibility index (Phi) is 5.06. The predicted molar refractivity (Wildman–Crippen MR) is 192 cm³/mol. The first-order chi connectivity index (χ1) is 21.8. The number of anilines is 3. The van der Waals surface area contributed by atoms with Crippen molar-refractivity contribution in [3.8, 4) is 0 Å². The average molecular weight is 598 g/mol. The first kappa shape index (κ1) is 24.3. The van der Waals surface area contributed by atoms with Crippen LogP contribution in [0.5, 0.6) is 0 Å². The number of nitrogens with zero attached hydrogens (tertiary/aromatic N) is 1. The molecule has 10 rings (SSSR count). The van der Waals surface area contributed by atoms with E-state index in [2.05, 4.69) is 144 Å². The first-order valence-electron chi connectivity index (χ1n) is 14.8. The van der Waals surface area contributed by atoms with Crippen LogP contribution >= 0.6 is 22.7 Å². The summed E-state index contributed by atoms with van der Waals surface area (Å²) in [6, 6.07) is 50.3. The highest BCUT2D eigenvalue weighted by Gasteiger charge is 2.22. The fourth-order valence-electron chi connectivity index (χ4n) is 6.90. The topological polar surface area (TPSA) is 16.4 Å². The summed E-state index contributed by atoms with van der Waals surface area (Å²) in [5.74, 6) is 0. The van der Waals surface area contributed by atoms with Crippen LogP contribution in [0.3, 0.4) is 0 Å². The third kappa shape index (κ3) is 3.41. The Hall–Kier alpha value is -5.16. The van der Waals surface area contributed by atoms with Crippen LogP contribution in [-0.4, -0.2) is 0 Å². The number of hydrogen-bond donors (Lipinski definition) is 0. The van der Waals surface area contributed by atoms with Gasteiger partial charge >= 0.3 is 0 Å². The maximum Gasteiger partial charge on any atom is 0.159 e. The predicted octanol–water partition coefficient (Wildman–Crippen LogP) is 12.9. The third-order valence-electron chi connectivity index (χ3n) is 8.84. The van der Waals surface area contributed by atoms with E-state index >= 15 is 0 Å². The van der Waals surface area contributed by atoms with Gasteiger partial charge in [0.2, 0.25) is 0 Å². The Bertz CT molecular complexity index is 2730. The summed E-state index contributed by atoms with van der Waals surface area (Å²) in [4.78, 5) is 2.34. The molecule has 0 radical (unpaired) electrons. The normalized spacial score (nSPS) is 12.1. The molecule has 7 aromatic carbocycles. The molecule has 3 heterocycles. The van der Waals surface area contributed by atoms with E-state index in [1.165, 1.54) is 56.5 Å². The third-order valence-corrected chi connectivity index (χ3v) is 11.2. The van der Waals surface area contributed by atoms with Crippen molar-refractivity contribution in [1.82, 2.24) is 0 Å². The fraction of sp³-hybridized carbons (Fsp3) is 0. The van der Waals surface area contributed by atoms with Gasteiger partial charge in [0, 0.05) is 62.5 Å². The molecule has 0 N–H and O–H groups in total. The Morgan fingerprint density at radius 1 is 0.455 bits per heavy atom. The molecule has 4 heteroatoms. The van der Waals surface area contributed by atoms with E-state index in [0.29, 0.717) is 0 Å². The zero-order chi connectivity index (χ0) is 28.8. The molecule has 0 atom stereocenters. The molecule has 0 saturated carbocycles. The molecular formula is C40H23NOS2. The van der Waals surface area contributed by atoms with Gasteiger partial charge < -0.3 is 9.32 Å². The van der Waals surface area contributed by atoms with Crippen molar-refractivity contribution in [3.05, 3.63) is 140 Å². The smallest absolute Gasteiger partial charge is 0.159 e. The van der Waals surface area contributed by atoms with Gasteiger partial charge in [0.25, 0.3) is 0 Å². The van der Waals surface area contributed by atoms with Crippen molar-refractivity contribution in [2.45, 2.75) is 0 Å². The maximum atomic E-state index is 6.81. The van der Waals surface area contributed by atoms with E-state index in [1.807, 2.05) is 22.7 Å². The van der Waals surface area contributed by atoms with Crippen molar-refractivity contribution >= 4 is 113 Å². The molecule has 2 nitrogen and oxygen atoms in total. The van der Waals surface area contributed by atoms with Gasteiger partial charge in [-0.3, -0.25) is 0 Å². The Labute approximate surface area is 260 Å². The van der Waals surface area contributed by atoms with Gasteiger partial charge in [0.1, 0.15) is 5.58 Å². The second-order valence-electron chi connectivity index (χ2n) is 11.3. The Morgan fingerprint density at radius 3 is 2.16 bits per heavy atom. The molecule has 206 valence electrons. The minimum Gasteiger partial charge on any atom is -0.454 e. The van der Waals surface area contributed by atoms with Crippen LogP contribution in [0.15, 0.2) is 144 Å². The minimum absolute atomic E-state index is 0.899. The van der Waals surface area contributed by atoms with E-state index in [4.69, 9.17) is 4.42 Å². The number of furan rings is 1. The van der Waals surface area contributed by atoms with E-state index < -0.39 is 0 Å². The van der Waals surface area contributed by atoms with Crippen molar-refractivity contribution in [2.75, 3.05) is 4.90 Å². The Balaban J connectivity index is 1.26. The summed E-state index contributed by atoms with van der Waals surface area (Å²) < 4.78 is 12.0. The highest BCUT2D eigenvalue weighted by molar-refractivity contribution is 7.27. The lowest BCUT2D eigenvalue weighted by atomic mass is 10.0. The van der Waals surface area contributed by atoms with Gasteiger partial charge in [0.05, 0.1) is 5.69 Å². The van der Waals surface area contributed by atoms with Gasteiger partial charge in [-0.05, 0) is 71.4 Å². The summed E-state index contributed by atoms with van der Waals surface area (Å²) >= 11 is 3.71. The molecule has 0 aliphatic carbocycles. The van der Waals surface area contributed by atoms with Crippen LogP contribution in [0.1, 0.15) is 0 Å². The quantitative estimate of drug-likeness (QED) is 0.201. The molecule has 10 aromatic rings. The van der Waals surface area contributed by atoms with Crippen molar-refractivity contribution < 1.29 is 4.42 Å². The van der Waals surface area contributed by atoms with Crippen LogP contribution in [0.4, 0.5) is 17.1 Å². The summed E-state index contributed by atoms with van der Waals surface area (Å²) in [6.07, 6.45) is 0. The Morgan fingerprint density at radius 2 is 1.23 bits per heavy atom. The van der Waals surface area contributed by atoms with Gasteiger partial charge in [-0.25, -0.2) is 0 Å². The molecule has 0 amide bonds. The second kappa shape index (κ2) is 9.17. The van der Waals surface area contributed by atoms with Crippen LogP contribution in [-0.2, 0) is 0 Å². The van der Waals surface area contributed by atoms with Gasteiger partial charge in [-0.2, -0.15) is 0 Å². The van der Waals surface area contributed by atoms with Crippen LogP contribution in [0.2, 0.25) is 0 Å². The number of hydrogen-bond acceptors (Lipinski definition) is 4. The summed E-state index contributed by atoms with van der Waals surface area (Å²) in [5, 5.41) is 10.1. The molecule has 3 aromatic heterocycles. The molecule has 0 aliphatic rings. The molecule has 44 heavy (non-hydrogen) atoms. The lowest BCUT2D eigenvalue weighted by Crippen LogP contribution is -2.09. The standard InChI is InChI=1S/C40H23NOS2/c1-2-10-25(11-3-1)41(26-18-22-35-31(23-26)28-13-6-7-16-34(28)43-35)32-15-8-14-29-38-33(42-39(29)32)20-19-30-37-27-12-5-4-9-24(27)17-21-36(37)44-40(30)38/h1-23H. The molecule has 0 unspecified atom stereocenters. The summed E-state index contributed by atoms with van der Waals surface area (Å²) in [6.45, 7) is 0. The highest BCUT2D eigenvalue weighted by Crippen LogP contribution is 2.48. The van der Waals surface area contributed by atoms with E-state index in [-0.39, 0.29) is 0 Å². The maximum absolute atomic E-state index is 6.81. The largest absolute Gasteiger partial charge is 0.454 e. The van der Waals surface area contributed by atoms with Gasteiger partial charge in [-0.1, -0.05) is 78.9 Å². The van der Waals surface area contributed by atoms with Gasteiger partial charge in [-0.15, -0.1) is 22.7 Å². The number of para-hydroxylation sites is 2. The monoisotopic (exact) mass is 597 g/mol. The van der Waals surface area contributed by atoms with E-state index in [9.17, 15) is 0 Å². The van der Waals surface area contributed by atoms with Gasteiger partial charge in [0.15, 0.2) is 5.58 Å². The second-order valence-corrected chi connectivity index (χ2v) is 13.4. The SMILES string of the molecule is c1ccc(N(c2ccc3sc4ccccc4c3c2)c2cccc3c2oc2ccc4c(sc5ccc6ccccc6c54)c23)cc1. The zero-order valence-corrected chi connectivity index (χ0v) is 25.1. The summed E-state index contributed by atoms with van der Waals surface area (Å²) in [5.41, 5.74) is 5.06. The number of benzene rings is 7. The number of fused-ring (bicyclic) bond motifs is 12. The molecule has 0 saturated heterocycles. The molecular weight excluding hydrogens is 575 g/mol. The molecule has 0 spiro atoms. The molecule has 0 aliphatic heterocycles. The van der Waals surface area contributed by atoms with Crippen LogP contribution in [0.25, 0.3) is 73.1 Å². The van der Waals surface area contributed by atoms with Crippen LogP contribution < -0.4 is 4.90 Å². The van der Waals surface area contributed by atoms with Crippen molar-refractivity contribution in [1.29, 1.82) is 0 Å². The summed E-state index contributed by atoms with van der Waals surface area (Å²) in [7, 11) is 0. The fourth-order valence-corrected chi connectivity index (χ4v) is 9.26. The van der Waals surface area contributed by atoms with Crippen molar-refractivity contribution in [2.24, 2.45) is 0 Å². The van der Waals surface area contributed by atoms with Crippen molar-refractivity contribution in [3.63, 3.8) is 0 Å². The number of thiophene rings is 2. The zero-order valence-electron chi connectivity index (χ0n) is 23.5. The molecule has 0 bridgehead atoms. The van der Waals surface area contributed by atoms with E-state index in [0.717, 1.165) is 33.6 Å². The lowest BCUT2D eigenvalue weighted by Gasteiger charge is -2.25. The number of rotatable bonds is 3. The molecule has 0 fully saturated rings. The van der Waals surface area contributed by atoms with Crippen LogP contribution in [0, 0.1) is 0 Å². The average Bonchev–Trinajstić information content (AvgIpc) is 3.77. The minimum atomic E-state index is 0.899. The highest BCUT2D eigenvalue weighted by atomic mass is 32.1. The van der Waals surface area contributed by atoms with E-state index in [1.54, 1.807) is 0 Å². The first-order valence-corrected chi connectivity index (χ1v) is 16.4.